The van der Waals surface area contributed by atoms with Crippen LogP contribution in [0.5, 0.6) is 5.75 Å². The van der Waals surface area contributed by atoms with E-state index in [4.69, 9.17) is 16.3 Å². The molecule has 0 aliphatic carbocycles. The topological polar surface area (TPSA) is 46.6 Å². The molecule has 0 aliphatic heterocycles. The summed E-state index contributed by atoms with van der Waals surface area (Å²) in [7, 11) is -2.82. The van der Waals surface area contributed by atoms with Crippen LogP contribution in [0.25, 0.3) is 0 Å². The number of hydrogen-bond acceptors (Lipinski definition) is 3. The highest BCUT2D eigenvalue weighted by molar-refractivity contribution is 7.92. The van der Waals surface area contributed by atoms with Gasteiger partial charge >= 0.3 is 0 Å². The van der Waals surface area contributed by atoms with Crippen molar-refractivity contribution in [2.24, 2.45) is 0 Å². The number of ether oxygens (including phenoxy) is 1. The summed E-state index contributed by atoms with van der Waals surface area (Å²) in [5, 5.41) is 0.352. The van der Waals surface area contributed by atoms with Gasteiger partial charge in [-0.05, 0) is 49.4 Å². The van der Waals surface area contributed by atoms with Gasteiger partial charge in [-0.2, -0.15) is 0 Å². The molecule has 0 saturated carbocycles. The van der Waals surface area contributed by atoms with Crippen LogP contribution in [0.2, 0.25) is 5.02 Å². The predicted molar refractivity (Wildman–Crippen MR) is 109 cm³/mol. The number of sulfonamides is 1. The summed E-state index contributed by atoms with van der Waals surface area (Å²) < 4.78 is 61.7. The lowest BCUT2D eigenvalue weighted by Gasteiger charge is -2.31. The van der Waals surface area contributed by atoms with Crippen molar-refractivity contribution < 1.29 is 21.9 Å². The second-order valence-corrected chi connectivity index (χ2v) is 8.52. The molecule has 0 fully saturated rings. The van der Waals surface area contributed by atoms with E-state index in [0.29, 0.717) is 16.3 Å². The molecule has 29 heavy (non-hydrogen) atoms. The lowest BCUT2D eigenvalue weighted by atomic mass is 10.1. The Bertz CT molecular complexity index is 1120. The molecule has 1 atom stereocenters. The molecule has 0 unspecified atom stereocenters. The summed E-state index contributed by atoms with van der Waals surface area (Å²) in [5.41, 5.74) is 0.0922. The molecule has 4 nitrogen and oxygen atoms in total. The average molecular weight is 438 g/mol. The second kappa shape index (κ2) is 8.39. The van der Waals surface area contributed by atoms with Crippen LogP contribution in [0.4, 0.5) is 14.5 Å². The summed E-state index contributed by atoms with van der Waals surface area (Å²) in [6.45, 7) is 1.58. The molecule has 3 aromatic rings. The standard InChI is InChI=1S/C21H18ClF2NO3S/c1-14(18-5-3-4-6-21(18)28-2)25(20-13-16(23)9-12-19(20)24)29(26,27)17-10-7-15(22)8-11-17/h3-14H,1-2H3/t14-/m1/s1. The fraction of sp³-hybridized carbons (Fsp3) is 0.143. The summed E-state index contributed by atoms with van der Waals surface area (Å²) in [6, 6.07) is 14.0. The zero-order valence-corrected chi connectivity index (χ0v) is 17.2. The molecule has 0 heterocycles. The number of rotatable bonds is 6. The minimum atomic E-state index is -4.27. The van der Waals surface area contributed by atoms with Crippen molar-refractivity contribution in [1.29, 1.82) is 0 Å². The monoisotopic (exact) mass is 437 g/mol. The van der Waals surface area contributed by atoms with E-state index < -0.39 is 33.4 Å². The smallest absolute Gasteiger partial charge is 0.264 e. The molecule has 0 amide bonds. The van der Waals surface area contributed by atoms with Gasteiger partial charge < -0.3 is 4.74 Å². The highest BCUT2D eigenvalue weighted by Crippen LogP contribution is 2.38. The first kappa shape index (κ1) is 21.1. The predicted octanol–water partition coefficient (Wildman–Crippen LogP) is 5.58. The number of hydrogen-bond donors (Lipinski definition) is 0. The summed E-state index contributed by atoms with van der Waals surface area (Å²) in [6.07, 6.45) is 0. The number of methoxy groups -OCH3 is 1. The first-order valence-corrected chi connectivity index (χ1v) is 10.5. The molecule has 3 rings (SSSR count). The van der Waals surface area contributed by atoms with Gasteiger partial charge in [0.2, 0.25) is 0 Å². The van der Waals surface area contributed by atoms with Crippen molar-refractivity contribution in [1.82, 2.24) is 0 Å². The van der Waals surface area contributed by atoms with Crippen LogP contribution in [-0.2, 0) is 10.0 Å². The lowest BCUT2D eigenvalue weighted by molar-refractivity contribution is 0.406. The second-order valence-electron chi connectivity index (χ2n) is 6.27. The van der Waals surface area contributed by atoms with Crippen molar-refractivity contribution in [3.8, 4) is 5.75 Å². The quantitative estimate of drug-likeness (QED) is 0.505. The summed E-state index contributed by atoms with van der Waals surface area (Å²) in [5.74, 6) is -1.20. The summed E-state index contributed by atoms with van der Waals surface area (Å²) >= 11 is 5.87. The molecular weight excluding hydrogens is 420 g/mol. The Hall–Kier alpha value is -2.64. The SMILES string of the molecule is COc1ccccc1[C@@H](C)N(c1cc(F)ccc1F)S(=O)(=O)c1ccc(Cl)cc1. The van der Waals surface area contributed by atoms with E-state index >= 15 is 0 Å². The van der Waals surface area contributed by atoms with Crippen LogP contribution in [0.15, 0.2) is 71.6 Å². The van der Waals surface area contributed by atoms with E-state index in [1.54, 1.807) is 31.2 Å². The molecule has 0 spiro atoms. The number of halogens is 3. The molecule has 3 aromatic carbocycles. The van der Waals surface area contributed by atoms with E-state index in [9.17, 15) is 17.2 Å². The normalized spacial score (nSPS) is 12.4. The highest BCUT2D eigenvalue weighted by Gasteiger charge is 2.33. The van der Waals surface area contributed by atoms with Gasteiger partial charge in [0.15, 0.2) is 0 Å². The Morgan fingerprint density at radius 2 is 1.66 bits per heavy atom. The fourth-order valence-corrected chi connectivity index (χ4v) is 4.82. The van der Waals surface area contributed by atoms with Crippen LogP contribution in [0.3, 0.4) is 0 Å². The molecule has 0 N–H and O–H groups in total. The molecule has 8 heteroatoms. The van der Waals surface area contributed by atoms with E-state index in [2.05, 4.69) is 0 Å². The van der Waals surface area contributed by atoms with Crippen LogP contribution in [0, 0.1) is 11.6 Å². The van der Waals surface area contributed by atoms with Gasteiger partial charge in [-0.3, -0.25) is 4.31 Å². The van der Waals surface area contributed by atoms with E-state index in [0.717, 1.165) is 22.5 Å². The van der Waals surface area contributed by atoms with Crippen LogP contribution in [0.1, 0.15) is 18.5 Å². The Balaban J connectivity index is 2.24. The van der Waals surface area contributed by atoms with Crippen LogP contribution < -0.4 is 9.04 Å². The molecule has 0 aromatic heterocycles. The molecular formula is C21H18ClF2NO3S. The Kier molecular flexibility index (Phi) is 6.10. The first-order valence-electron chi connectivity index (χ1n) is 8.63. The minimum Gasteiger partial charge on any atom is -0.496 e. The van der Waals surface area contributed by atoms with Gasteiger partial charge in [0, 0.05) is 16.7 Å². The van der Waals surface area contributed by atoms with E-state index in [1.807, 2.05) is 0 Å². The Morgan fingerprint density at radius 3 is 2.31 bits per heavy atom. The maximum Gasteiger partial charge on any atom is 0.264 e. The highest BCUT2D eigenvalue weighted by atomic mass is 35.5. The third-order valence-electron chi connectivity index (χ3n) is 4.46. The maximum atomic E-state index is 14.7. The van der Waals surface area contributed by atoms with Crippen LogP contribution >= 0.6 is 11.6 Å². The van der Waals surface area contributed by atoms with Crippen molar-refractivity contribution in [3.63, 3.8) is 0 Å². The van der Waals surface area contributed by atoms with E-state index in [-0.39, 0.29) is 4.90 Å². The van der Waals surface area contributed by atoms with Crippen molar-refractivity contribution in [2.45, 2.75) is 17.9 Å². The third kappa shape index (κ3) is 4.21. The molecule has 152 valence electrons. The molecule has 0 saturated heterocycles. The Morgan fingerprint density at radius 1 is 1.00 bits per heavy atom. The number of para-hydroxylation sites is 1. The summed E-state index contributed by atoms with van der Waals surface area (Å²) in [4.78, 5) is -0.104. The van der Waals surface area contributed by atoms with Gasteiger partial charge in [-0.25, -0.2) is 17.2 Å². The van der Waals surface area contributed by atoms with E-state index in [1.165, 1.54) is 31.4 Å². The van der Waals surface area contributed by atoms with Gasteiger partial charge in [0.25, 0.3) is 10.0 Å². The third-order valence-corrected chi connectivity index (χ3v) is 6.61. The lowest BCUT2D eigenvalue weighted by Crippen LogP contribution is -2.34. The van der Waals surface area contributed by atoms with Crippen LogP contribution in [-0.4, -0.2) is 15.5 Å². The molecule has 0 radical (unpaired) electrons. The number of benzene rings is 3. The first-order chi connectivity index (χ1) is 13.8. The zero-order valence-electron chi connectivity index (χ0n) is 15.6. The number of nitrogens with zero attached hydrogens (tertiary/aromatic N) is 1. The molecule has 0 bridgehead atoms. The Labute approximate surface area is 173 Å². The van der Waals surface area contributed by atoms with Gasteiger partial charge in [-0.1, -0.05) is 29.8 Å². The maximum absolute atomic E-state index is 14.7. The zero-order chi connectivity index (χ0) is 21.2. The largest absolute Gasteiger partial charge is 0.496 e. The van der Waals surface area contributed by atoms with Gasteiger partial charge in [0.05, 0.1) is 23.7 Å². The van der Waals surface area contributed by atoms with Gasteiger partial charge in [-0.15, -0.1) is 0 Å². The molecule has 0 aliphatic rings. The van der Waals surface area contributed by atoms with Crippen molar-refractivity contribution >= 4 is 27.3 Å². The van der Waals surface area contributed by atoms with Gasteiger partial charge in [0.1, 0.15) is 17.4 Å². The minimum absolute atomic E-state index is 0.104. The average Bonchev–Trinajstić information content (AvgIpc) is 2.70. The van der Waals surface area contributed by atoms with Crippen molar-refractivity contribution in [3.05, 3.63) is 89.0 Å². The van der Waals surface area contributed by atoms with Crippen molar-refractivity contribution in [2.75, 3.05) is 11.4 Å². The number of anilines is 1. The fourth-order valence-electron chi connectivity index (χ4n) is 3.06.